The van der Waals surface area contributed by atoms with Gasteiger partial charge in [-0.2, -0.15) is 0 Å². The van der Waals surface area contributed by atoms with Crippen LogP contribution in [0.25, 0.3) is 0 Å². The molecule has 0 unspecified atom stereocenters. The Bertz CT molecular complexity index is 1110. The zero-order valence-corrected chi connectivity index (χ0v) is 15.9. The molecule has 0 N–H and O–H groups in total. The molecule has 1 saturated heterocycles. The molecular formula is C24H18FNO4. The third-order valence-corrected chi connectivity index (χ3v) is 7.07. The molecule has 6 heteroatoms. The molecule has 2 bridgehead atoms. The number of carbonyl (C=O) groups excluding carboxylic acids is 3. The normalized spacial score (nSPS) is 32.8. The van der Waals surface area contributed by atoms with Crippen molar-refractivity contribution in [1.82, 2.24) is 0 Å². The quantitative estimate of drug-likeness (QED) is 0.340. The van der Waals surface area contributed by atoms with Crippen molar-refractivity contribution in [2.45, 2.75) is 6.42 Å². The SMILES string of the molecule is O=C(Oc1ccccc1N1C(=O)[C@@H]2[C@H]3C=C[C@H]([C@H]4C[C@H]34)[C@@H]2C1=O)c1ccccc1F. The van der Waals surface area contributed by atoms with Crippen LogP contribution in [0.1, 0.15) is 16.8 Å². The van der Waals surface area contributed by atoms with Crippen LogP contribution in [0.4, 0.5) is 10.1 Å². The topological polar surface area (TPSA) is 63.7 Å². The van der Waals surface area contributed by atoms with Gasteiger partial charge in [0.15, 0.2) is 5.75 Å². The second-order valence-corrected chi connectivity index (χ2v) is 8.50. The molecule has 3 fully saturated rings. The van der Waals surface area contributed by atoms with Gasteiger partial charge in [-0.3, -0.25) is 9.59 Å². The molecule has 1 aliphatic heterocycles. The number of para-hydroxylation sites is 2. The van der Waals surface area contributed by atoms with E-state index in [2.05, 4.69) is 12.2 Å². The lowest BCUT2D eigenvalue weighted by Gasteiger charge is -2.37. The number of allylic oxidation sites excluding steroid dienone is 2. The first-order valence-electron chi connectivity index (χ1n) is 10.2. The van der Waals surface area contributed by atoms with E-state index in [4.69, 9.17) is 4.74 Å². The summed E-state index contributed by atoms with van der Waals surface area (Å²) in [6.07, 6.45) is 5.31. The van der Waals surface area contributed by atoms with Crippen molar-refractivity contribution in [2.75, 3.05) is 4.90 Å². The summed E-state index contributed by atoms with van der Waals surface area (Å²) >= 11 is 0. The summed E-state index contributed by atoms with van der Waals surface area (Å²) in [6.45, 7) is 0. The van der Waals surface area contributed by atoms with Crippen LogP contribution in [0.15, 0.2) is 60.7 Å². The van der Waals surface area contributed by atoms with Gasteiger partial charge in [0.25, 0.3) is 0 Å². The summed E-state index contributed by atoms with van der Waals surface area (Å²) in [4.78, 5) is 40.4. The van der Waals surface area contributed by atoms with Crippen molar-refractivity contribution in [1.29, 1.82) is 0 Å². The Morgan fingerprint density at radius 2 is 1.50 bits per heavy atom. The largest absolute Gasteiger partial charge is 0.421 e. The van der Waals surface area contributed by atoms with Crippen LogP contribution in [0.5, 0.6) is 5.75 Å². The third kappa shape index (κ3) is 2.30. The van der Waals surface area contributed by atoms with Crippen LogP contribution >= 0.6 is 0 Å². The number of hydrogen-bond donors (Lipinski definition) is 0. The van der Waals surface area contributed by atoms with Crippen molar-refractivity contribution in [3.63, 3.8) is 0 Å². The minimum absolute atomic E-state index is 0.0663. The molecule has 0 radical (unpaired) electrons. The van der Waals surface area contributed by atoms with Gasteiger partial charge < -0.3 is 4.74 Å². The van der Waals surface area contributed by atoms with Gasteiger partial charge in [0.05, 0.1) is 23.1 Å². The molecule has 6 atom stereocenters. The monoisotopic (exact) mass is 403 g/mol. The molecule has 2 aromatic rings. The van der Waals surface area contributed by atoms with Crippen LogP contribution in [0.2, 0.25) is 0 Å². The van der Waals surface area contributed by atoms with Gasteiger partial charge in [0, 0.05) is 0 Å². The van der Waals surface area contributed by atoms with E-state index in [0.29, 0.717) is 11.8 Å². The standard InChI is InChI=1S/C24H18FNO4/c25-17-6-2-1-5-14(17)24(29)30-19-8-4-3-7-18(19)26-22(27)20-12-9-10-13(16-11-15(12)16)21(20)23(26)28/h1-10,12-13,15-16,20-21H,11H2/t12-,13+,15-,16-,20+,21-/m1/s1. The molecule has 5 aliphatic rings. The Kier molecular flexibility index (Phi) is 3.58. The van der Waals surface area contributed by atoms with Crippen molar-refractivity contribution < 1.29 is 23.5 Å². The number of ether oxygens (including phenoxy) is 1. The Labute approximate surface area is 172 Å². The maximum absolute atomic E-state index is 14.0. The number of benzene rings is 2. The van der Waals surface area contributed by atoms with Gasteiger partial charge in [-0.25, -0.2) is 14.1 Å². The van der Waals surface area contributed by atoms with Crippen LogP contribution < -0.4 is 9.64 Å². The number of esters is 1. The predicted molar refractivity (Wildman–Crippen MR) is 105 cm³/mol. The van der Waals surface area contributed by atoms with Crippen LogP contribution in [-0.4, -0.2) is 17.8 Å². The molecule has 2 aromatic carbocycles. The van der Waals surface area contributed by atoms with Crippen LogP contribution in [-0.2, 0) is 9.59 Å². The molecule has 5 nitrogen and oxygen atoms in total. The molecule has 0 spiro atoms. The second kappa shape index (κ2) is 6.11. The summed E-state index contributed by atoms with van der Waals surface area (Å²) in [6, 6.07) is 12.0. The molecule has 0 aromatic heterocycles. The van der Waals surface area contributed by atoms with E-state index in [1.807, 2.05) is 0 Å². The summed E-state index contributed by atoms with van der Waals surface area (Å²) in [5.41, 5.74) is 0.0297. The molecule has 4 aliphatic carbocycles. The van der Waals surface area contributed by atoms with E-state index in [-0.39, 0.29) is 52.5 Å². The Morgan fingerprint density at radius 1 is 0.900 bits per heavy atom. The highest BCUT2D eigenvalue weighted by molar-refractivity contribution is 6.23. The van der Waals surface area contributed by atoms with Crippen molar-refractivity contribution in [3.05, 3.63) is 72.1 Å². The lowest BCUT2D eigenvalue weighted by atomic mass is 9.63. The number of carbonyl (C=O) groups is 3. The maximum atomic E-state index is 14.0. The molecule has 7 rings (SSSR count). The van der Waals surface area contributed by atoms with Gasteiger partial charge in [-0.1, -0.05) is 36.4 Å². The van der Waals surface area contributed by atoms with E-state index >= 15 is 0 Å². The van der Waals surface area contributed by atoms with Crippen LogP contribution in [0.3, 0.4) is 0 Å². The highest BCUT2D eigenvalue weighted by atomic mass is 19.1. The fourth-order valence-electron chi connectivity index (χ4n) is 5.70. The van der Waals surface area contributed by atoms with Gasteiger partial charge >= 0.3 is 5.97 Å². The first-order valence-corrected chi connectivity index (χ1v) is 10.2. The van der Waals surface area contributed by atoms with Crippen LogP contribution in [0, 0.1) is 41.3 Å². The number of rotatable bonds is 3. The Hall–Kier alpha value is -3.28. The smallest absolute Gasteiger partial charge is 0.346 e. The summed E-state index contributed by atoms with van der Waals surface area (Å²) < 4.78 is 19.4. The van der Waals surface area contributed by atoms with Gasteiger partial charge in [0.2, 0.25) is 11.8 Å². The average Bonchev–Trinajstić information content (AvgIpc) is 3.53. The highest BCUT2D eigenvalue weighted by Crippen LogP contribution is 2.65. The van der Waals surface area contributed by atoms with E-state index in [1.54, 1.807) is 18.2 Å². The minimum atomic E-state index is -0.875. The van der Waals surface area contributed by atoms with Crippen molar-refractivity contribution >= 4 is 23.5 Å². The summed E-state index contributed by atoms with van der Waals surface area (Å²) in [5, 5.41) is 0. The molecule has 1 heterocycles. The number of anilines is 1. The number of nitrogens with zero attached hydrogens (tertiary/aromatic N) is 1. The average molecular weight is 403 g/mol. The summed E-state index contributed by atoms with van der Waals surface area (Å²) in [7, 11) is 0. The number of hydrogen-bond acceptors (Lipinski definition) is 4. The predicted octanol–water partition coefficient (Wildman–Crippen LogP) is 3.60. The van der Waals surface area contributed by atoms with Crippen molar-refractivity contribution in [3.8, 4) is 5.75 Å². The molecular weight excluding hydrogens is 385 g/mol. The number of imide groups is 1. The third-order valence-electron chi connectivity index (χ3n) is 7.07. The van der Waals surface area contributed by atoms with E-state index in [9.17, 15) is 18.8 Å². The van der Waals surface area contributed by atoms with E-state index < -0.39 is 11.8 Å². The van der Waals surface area contributed by atoms with E-state index in [0.717, 1.165) is 6.42 Å². The van der Waals surface area contributed by atoms with Crippen molar-refractivity contribution in [2.24, 2.45) is 35.5 Å². The molecule has 2 saturated carbocycles. The van der Waals surface area contributed by atoms with Gasteiger partial charge in [-0.15, -0.1) is 0 Å². The fraction of sp³-hybridized carbons (Fsp3) is 0.292. The van der Waals surface area contributed by atoms with Gasteiger partial charge in [0.1, 0.15) is 5.82 Å². The maximum Gasteiger partial charge on any atom is 0.346 e. The number of amides is 2. The first-order chi connectivity index (χ1) is 14.6. The molecule has 150 valence electrons. The Morgan fingerprint density at radius 3 is 2.17 bits per heavy atom. The lowest BCUT2D eigenvalue weighted by molar-refractivity contribution is -0.124. The zero-order valence-electron chi connectivity index (χ0n) is 15.9. The Balaban J connectivity index is 1.35. The fourth-order valence-corrected chi connectivity index (χ4v) is 5.70. The van der Waals surface area contributed by atoms with E-state index in [1.165, 1.54) is 35.2 Å². The molecule has 30 heavy (non-hydrogen) atoms. The zero-order chi connectivity index (χ0) is 20.6. The lowest BCUT2D eigenvalue weighted by Crippen LogP contribution is -2.40. The second-order valence-electron chi connectivity index (χ2n) is 8.50. The van der Waals surface area contributed by atoms with Gasteiger partial charge in [-0.05, 0) is 54.4 Å². The highest BCUT2D eigenvalue weighted by Gasteiger charge is 2.67. The summed E-state index contributed by atoms with van der Waals surface area (Å²) in [5.74, 6) is -1.41. The minimum Gasteiger partial charge on any atom is -0.421 e. The number of halogens is 1. The first kappa shape index (κ1) is 17.6. The molecule has 2 amide bonds.